The summed E-state index contributed by atoms with van der Waals surface area (Å²) >= 11 is 0. The molecule has 4 rings (SSSR count). The van der Waals surface area contributed by atoms with E-state index >= 15 is 0 Å². The molecule has 162 valence electrons. The Bertz CT molecular complexity index is 657. The van der Waals surface area contributed by atoms with Gasteiger partial charge in [0, 0.05) is 23.9 Å². The van der Waals surface area contributed by atoms with Crippen LogP contribution in [0.5, 0.6) is 0 Å². The molecule has 4 fully saturated rings. The van der Waals surface area contributed by atoms with Crippen molar-refractivity contribution < 1.29 is 14.0 Å². The molecule has 2 unspecified atom stereocenters. The predicted octanol–water partition coefficient (Wildman–Crippen LogP) is 2.68. The first-order valence-electron chi connectivity index (χ1n) is 10.9. The first-order valence-corrected chi connectivity index (χ1v) is 10.9. The van der Waals surface area contributed by atoms with Crippen molar-refractivity contribution in [2.75, 3.05) is 19.6 Å². The first kappa shape index (κ1) is 22.0. The molecular formula is C22H35FN4O2. The lowest BCUT2D eigenvalue weighted by molar-refractivity contribution is -0.139. The van der Waals surface area contributed by atoms with Gasteiger partial charge in [0.05, 0.1) is 19.2 Å². The van der Waals surface area contributed by atoms with Gasteiger partial charge in [0.2, 0.25) is 11.8 Å². The fourth-order valence-electron chi connectivity index (χ4n) is 5.08. The SMILES string of the molecule is CC(C)(C)CCNC(=O)C12CCC(NCC(=O)N3CC(F)CC3C#N)(CC1)CC2. The number of amides is 2. The molecule has 1 heterocycles. The van der Waals surface area contributed by atoms with Gasteiger partial charge in [0.1, 0.15) is 12.2 Å². The molecule has 3 aliphatic carbocycles. The number of nitrogens with one attached hydrogen (secondary N) is 2. The molecular weight excluding hydrogens is 371 g/mol. The summed E-state index contributed by atoms with van der Waals surface area (Å²) in [4.78, 5) is 26.7. The van der Waals surface area contributed by atoms with Gasteiger partial charge < -0.3 is 15.5 Å². The minimum atomic E-state index is -1.11. The Balaban J connectivity index is 1.49. The highest BCUT2D eigenvalue weighted by Gasteiger charge is 2.52. The average Bonchev–Trinajstić information content (AvgIpc) is 3.07. The molecule has 1 aliphatic heterocycles. The Labute approximate surface area is 173 Å². The van der Waals surface area contributed by atoms with E-state index in [1.54, 1.807) is 0 Å². The number of rotatable bonds is 6. The lowest BCUT2D eigenvalue weighted by atomic mass is 9.57. The van der Waals surface area contributed by atoms with Crippen molar-refractivity contribution in [2.45, 2.75) is 89.9 Å². The summed E-state index contributed by atoms with van der Waals surface area (Å²) in [5, 5.41) is 15.7. The minimum absolute atomic E-state index is 0.0174. The zero-order valence-corrected chi connectivity index (χ0v) is 18.0. The Morgan fingerprint density at radius 1 is 1.17 bits per heavy atom. The van der Waals surface area contributed by atoms with E-state index in [0.717, 1.165) is 44.9 Å². The highest BCUT2D eigenvalue weighted by molar-refractivity contribution is 5.83. The highest BCUT2D eigenvalue weighted by atomic mass is 19.1. The maximum absolute atomic E-state index is 13.6. The van der Waals surface area contributed by atoms with Gasteiger partial charge in [-0.05, 0) is 50.4 Å². The average molecular weight is 407 g/mol. The number of fused-ring (bicyclic) bond motifs is 3. The van der Waals surface area contributed by atoms with E-state index < -0.39 is 12.2 Å². The van der Waals surface area contributed by atoms with Gasteiger partial charge in [-0.2, -0.15) is 5.26 Å². The number of carbonyl (C=O) groups is 2. The van der Waals surface area contributed by atoms with Crippen molar-refractivity contribution in [2.24, 2.45) is 10.8 Å². The van der Waals surface area contributed by atoms with Crippen LogP contribution in [0, 0.1) is 22.2 Å². The van der Waals surface area contributed by atoms with Gasteiger partial charge in [-0.25, -0.2) is 4.39 Å². The van der Waals surface area contributed by atoms with E-state index in [-0.39, 0.29) is 47.7 Å². The molecule has 29 heavy (non-hydrogen) atoms. The number of hydrogen-bond donors (Lipinski definition) is 2. The third-order valence-electron chi connectivity index (χ3n) is 7.22. The molecule has 7 heteroatoms. The molecule has 0 aromatic heterocycles. The summed E-state index contributed by atoms with van der Waals surface area (Å²) in [5.74, 6) is -0.0116. The van der Waals surface area contributed by atoms with Crippen LogP contribution < -0.4 is 10.6 Å². The van der Waals surface area contributed by atoms with Crippen LogP contribution in [0.1, 0.15) is 72.1 Å². The maximum atomic E-state index is 13.6. The second kappa shape index (κ2) is 8.22. The quantitative estimate of drug-likeness (QED) is 0.710. The smallest absolute Gasteiger partial charge is 0.237 e. The van der Waals surface area contributed by atoms with Crippen LogP contribution in [0.3, 0.4) is 0 Å². The largest absolute Gasteiger partial charge is 0.356 e. The van der Waals surface area contributed by atoms with E-state index in [9.17, 15) is 14.0 Å². The second-order valence-corrected chi connectivity index (χ2v) is 10.5. The van der Waals surface area contributed by atoms with Crippen LogP contribution in [0.15, 0.2) is 0 Å². The molecule has 0 radical (unpaired) electrons. The van der Waals surface area contributed by atoms with Crippen molar-refractivity contribution in [1.82, 2.24) is 15.5 Å². The lowest BCUT2D eigenvalue weighted by Gasteiger charge is -2.53. The fourth-order valence-corrected chi connectivity index (χ4v) is 5.08. The lowest BCUT2D eigenvalue weighted by Crippen LogP contribution is -2.60. The summed E-state index contributed by atoms with van der Waals surface area (Å²) in [5.41, 5.74) is -0.161. The van der Waals surface area contributed by atoms with E-state index in [0.29, 0.717) is 6.54 Å². The minimum Gasteiger partial charge on any atom is -0.356 e. The van der Waals surface area contributed by atoms with Crippen LogP contribution >= 0.6 is 0 Å². The molecule has 0 aromatic rings. The molecule has 6 nitrogen and oxygen atoms in total. The molecule has 0 aromatic carbocycles. The highest BCUT2D eigenvalue weighted by Crippen LogP contribution is 2.52. The van der Waals surface area contributed by atoms with Crippen LogP contribution in [-0.2, 0) is 9.59 Å². The van der Waals surface area contributed by atoms with E-state index in [4.69, 9.17) is 5.26 Å². The first-order chi connectivity index (χ1) is 13.6. The van der Waals surface area contributed by atoms with Gasteiger partial charge >= 0.3 is 0 Å². The second-order valence-electron chi connectivity index (χ2n) is 10.5. The number of hydrogen-bond acceptors (Lipinski definition) is 4. The van der Waals surface area contributed by atoms with Crippen LogP contribution in [0.4, 0.5) is 4.39 Å². The molecule has 4 aliphatic rings. The van der Waals surface area contributed by atoms with E-state index in [2.05, 4.69) is 31.4 Å². The number of nitrogens with zero attached hydrogens (tertiary/aromatic N) is 2. The summed E-state index contributed by atoms with van der Waals surface area (Å²) in [7, 11) is 0. The third-order valence-corrected chi connectivity index (χ3v) is 7.22. The van der Waals surface area contributed by atoms with Gasteiger partial charge in [-0.15, -0.1) is 0 Å². The van der Waals surface area contributed by atoms with Crippen molar-refractivity contribution in [3.8, 4) is 6.07 Å². The molecule has 2 N–H and O–H groups in total. The van der Waals surface area contributed by atoms with Gasteiger partial charge in [0.25, 0.3) is 0 Å². The summed E-state index contributed by atoms with van der Waals surface area (Å²) in [6.07, 6.45) is 5.11. The van der Waals surface area contributed by atoms with E-state index in [1.807, 2.05) is 6.07 Å². The van der Waals surface area contributed by atoms with Crippen molar-refractivity contribution >= 4 is 11.8 Å². The summed E-state index contributed by atoms with van der Waals surface area (Å²) in [6.45, 7) is 7.39. The topological polar surface area (TPSA) is 85.2 Å². The maximum Gasteiger partial charge on any atom is 0.237 e. The predicted molar refractivity (Wildman–Crippen MR) is 109 cm³/mol. The number of halogens is 1. The fraction of sp³-hybridized carbons (Fsp3) is 0.864. The normalized spacial score (nSPS) is 34.1. The van der Waals surface area contributed by atoms with Gasteiger partial charge in [-0.3, -0.25) is 9.59 Å². The van der Waals surface area contributed by atoms with Crippen LogP contribution in [0.25, 0.3) is 0 Å². The summed E-state index contributed by atoms with van der Waals surface area (Å²) < 4.78 is 13.6. The summed E-state index contributed by atoms with van der Waals surface area (Å²) in [6, 6.07) is 1.38. The molecule has 1 saturated heterocycles. The molecule has 2 amide bonds. The van der Waals surface area contributed by atoms with Gasteiger partial charge in [-0.1, -0.05) is 20.8 Å². The Hall–Kier alpha value is -1.68. The Morgan fingerprint density at radius 2 is 1.79 bits per heavy atom. The van der Waals surface area contributed by atoms with Gasteiger partial charge in [0.15, 0.2) is 0 Å². The monoisotopic (exact) mass is 406 g/mol. The third kappa shape index (κ3) is 4.91. The molecule has 3 saturated carbocycles. The molecule has 2 atom stereocenters. The van der Waals surface area contributed by atoms with Crippen LogP contribution in [-0.4, -0.2) is 54.1 Å². The number of likely N-dealkylation sites (tertiary alicyclic amines) is 1. The van der Waals surface area contributed by atoms with E-state index in [1.165, 1.54) is 4.90 Å². The Kier molecular flexibility index (Phi) is 6.24. The van der Waals surface area contributed by atoms with Crippen molar-refractivity contribution in [1.29, 1.82) is 5.26 Å². The standard InChI is InChI=1S/C22H35FN4O2/c1-20(2,3)10-11-25-19(29)21-4-7-22(8-5-21,9-6-21)26-14-18(28)27-15-16(23)12-17(27)13-24/h16-17,26H,4-12,14-15H2,1-3H3,(H,25,29). The number of nitriles is 1. The van der Waals surface area contributed by atoms with Crippen molar-refractivity contribution in [3.05, 3.63) is 0 Å². The number of alkyl halides is 1. The molecule has 0 spiro atoms. The zero-order valence-electron chi connectivity index (χ0n) is 18.0. The van der Waals surface area contributed by atoms with Crippen LogP contribution in [0.2, 0.25) is 0 Å². The Morgan fingerprint density at radius 3 is 2.34 bits per heavy atom. The molecule has 2 bridgehead atoms. The van der Waals surface area contributed by atoms with Crippen molar-refractivity contribution in [3.63, 3.8) is 0 Å². The zero-order chi connectivity index (χ0) is 21.3. The number of carbonyl (C=O) groups excluding carboxylic acids is 2.